The second-order valence-corrected chi connectivity index (χ2v) is 7.23. The maximum absolute atomic E-state index is 13.5. The summed E-state index contributed by atoms with van der Waals surface area (Å²) in [5.41, 5.74) is 1.16. The molecule has 2 rings (SSSR count). The van der Waals surface area contributed by atoms with Crippen molar-refractivity contribution in [1.82, 2.24) is 9.97 Å². The van der Waals surface area contributed by atoms with Crippen LogP contribution in [0.2, 0.25) is 5.28 Å². The Morgan fingerprint density at radius 3 is 2.65 bits per heavy atom. The lowest BCUT2D eigenvalue weighted by atomic mass is 10.2. The number of hydrogen-bond donors (Lipinski definition) is 1. The highest BCUT2D eigenvalue weighted by Gasteiger charge is 2.11. The number of anilines is 2. The highest BCUT2D eigenvalue weighted by atomic mass is 35.5. The number of halogens is 2. The Kier molecular flexibility index (Phi) is 5.53. The molecule has 1 heterocycles. The minimum absolute atomic E-state index is 0.0475. The fraction of sp³-hybridized carbons (Fsp3) is 0.200. The van der Waals surface area contributed by atoms with Crippen molar-refractivity contribution in [1.29, 1.82) is 0 Å². The zero-order valence-electron chi connectivity index (χ0n) is 12.0. The van der Waals surface area contributed by atoms with Crippen LogP contribution in [0.4, 0.5) is 15.9 Å². The number of aromatic nitrogens is 2. The van der Waals surface area contributed by atoms with Gasteiger partial charge in [-0.05, 0) is 29.3 Å². The first-order valence-corrected chi connectivity index (χ1v) is 8.77. The summed E-state index contributed by atoms with van der Waals surface area (Å²) in [6.07, 6.45) is 6.22. The number of nitrogens with one attached hydrogen (secondary N) is 1. The lowest BCUT2D eigenvalue weighted by Crippen LogP contribution is -2.08. The van der Waals surface area contributed by atoms with Gasteiger partial charge < -0.3 is 5.32 Å². The average molecular weight is 354 g/mol. The van der Waals surface area contributed by atoms with Crippen LogP contribution in [-0.4, -0.2) is 24.1 Å². The highest BCUT2D eigenvalue weighted by molar-refractivity contribution is 7.90. The van der Waals surface area contributed by atoms with E-state index < -0.39 is 15.7 Å². The fourth-order valence-electron chi connectivity index (χ4n) is 1.79. The molecular formula is C15H13ClFN3O2S. The Hall–Kier alpha value is -2.17. The molecule has 23 heavy (non-hydrogen) atoms. The summed E-state index contributed by atoms with van der Waals surface area (Å²) in [6, 6.07) is 6.52. The predicted molar refractivity (Wildman–Crippen MR) is 87.7 cm³/mol. The number of hydrogen-bond acceptors (Lipinski definition) is 5. The van der Waals surface area contributed by atoms with Gasteiger partial charge in [0.2, 0.25) is 5.28 Å². The van der Waals surface area contributed by atoms with Gasteiger partial charge in [0.1, 0.15) is 0 Å². The minimum atomic E-state index is -3.24. The number of benzene rings is 1. The summed E-state index contributed by atoms with van der Waals surface area (Å²) in [5, 5.41) is 2.67. The third-order valence-electron chi connectivity index (χ3n) is 2.88. The molecule has 0 aliphatic heterocycles. The molecule has 0 radical (unpaired) electrons. The van der Waals surface area contributed by atoms with Crippen molar-refractivity contribution in [3.8, 4) is 12.3 Å². The second-order valence-electron chi connectivity index (χ2n) is 4.70. The first-order valence-electron chi connectivity index (χ1n) is 6.57. The van der Waals surface area contributed by atoms with E-state index >= 15 is 0 Å². The molecule has 0 spiro atoms. The molecule has 2 aromatic rings. The molecule has 0 atom stereocenters. The van der Waals surface area contributed by atoms with Crippen LogP contribution in [-0.2, 0) is 15.6 Å². The topological polar surface area (TPSA) is 72.0 Å². The maximum Gasteiger partial charge on any atom is 0.224 e. The van der Waals surface area contributed by atoms with Gasteiger partial charge in [-0.3, -0.25) is 0 Å². The molecule has 0 aliphatic rings. The number of sulfone groups is 1. The van der Waals surface area contributed by atoms with Crippen molar-refractivity contribution in [2.45, 2.75) is 12.2 Å². The standard InChI is InChI=1S/C15H13ClFN3O2S/c1-2-3-8-23(21,22)10-11-4-6-12(7-5-11)19-14-13(17)9-18-15(16)20-14/h1,4-7,9H,3,8,10H2,(H,18,19,20). The molecule has 0 fully saturated rings. The maximum atomic E-state index is 13.5. The van der Waals surface area contributed by atoms with Crippen molar-refractivity contribution in [2.75, 3.05) is 11.1 Å². The lowest BCUT2D eigenvalue weighted by molar-refractivity contribution is 0.595. The van der Waals surface area contributed by atoms with Gasteiger partial charge in [-0.25, -0.2) is 17.8 Å². The Morgan fingerprint density at radius 1 is 1.30 bits per heavy atom. The van der Waals surface area contributed by atoms with Crippen LogP contribution >= 0.6 is 11.6 Å². The zero-order chi connectivity index (χ0) is 16.9. The second kappa shape index (κ2) is 7.40. The molecule has 1 N–H and O–H groups in total. The number of nitrogens with zero attached hydrogens (tertiary/aromatic N) is 2. The summed E-state index contributed by atoms with van der Waals surface area (Å²) in [7, 11) is -3.24. The molecular weight excluding hydrogens is 341 g/mol. The van der Waals surface area contributed by atoms with Gasteiger partial charge in [-0.15, -0.1) is 12.3 Å². The van der Waals surface area contributed by atoms with E-state index in [0.717, 1.165) is 6.20 Å². The van der Waals surface area contributed by atoms with Crippen LogP contribution in [0.15, 0.2) is 30.5 Å². The molecule has 0 saturated heterocycles. The molecule has 0 unspecified atom stereocenters. The normalized spacial score (nSPS) is 11.0. The first kappa shape index (κ1) is 17.2. The van der Waals surface area contributed by atoms with E-state index in [1.54, 1.807) is 24.3 Å². The number of terminal acetylenes is 1. The van der Waals surface area contributed by atoms with Gasteiger partial charge in [0.25, 0.3) is 0 Å². The van der Waals surface area contributed by atoms with Crippen LogP contribution < -0.4 is 5.32 Å². The van der Waals surface area contributed by atoms with Crippen LogP contribution in [0.3, 0.4) is 0 Å². The zero-order valence-corrected chi connectivity index (χ0v) is 13.5. The first-order chi connectivity index (χ1) is 10.9. The molecule has 0 amide bonds. The Morgan fingerprint density at radius 2 is 2.00 bits per heavy atom. The van der Waals surface area contributed by atoms with Gasteiger partial charge in [-0.1, -0.05) is 12.1 Å². The van der Waals surface area contributed by atoms with Crippen LogP contribution in [0, 0.1) is 18.2 Å². The van der Waals surface area contributed by atoms with Crippen molar-refractivity contribution < 1.29 is 12.8 Å². The van der Waals surface area contributed by atoms with E-state index in [-0.39, 0.29) is 29.0 Å². The van der Waals surface area contributed by atoms with E-state index in [4.69, 9.17) is 18.0 Å². The lowest BCUT2D eigenvalue weighted by Gasteiger charge is -2.08. The third kappa shape index (κ3) is 5.20. The van der Waals surface area contributed by atoms with Crippen molar-refractivity contribution in [3.63, 3.8) is 0 Å². The predicted octanol–water partition coefficient (Wildman–Crippen LogP) is 2.95. The summed E-state index contributed by atoms with van der Waals surface area (Å²) >= 11 is 5.61. The largest absolute Gasteiger partial charge is 0.338 e. The van der Waals surface area contributed by atoms with Crippen molar-refractivity contribution >= 4 is 32.9 Å². The third-order valence-corrected chi connectivity index (χ3v) is 4.66. The molecule has 1 aromatic heterocycles. The van der Waals surface area contributed by atoms with E-state index in [9.17, 15) is 12.8 Å². The monoisotopic (exact) mass is 353 g/mol. The summed E-state index contributed by atoms with van der Waals surface area (Å²) in [5.74, 6) is 1.47. The van der Waals surface area contributed by atoms with E-state index in [0.29, 0.717) is 11.3 Å². The van der Waals surface area contributed by atoms with E-state index in [1.807, 2.05) is 0 Å². The smallest absolute Gasteiger partial charge is 0.224 e. The SMILES string of the molecule is C#CCCS(=O)(=O)Cc1ccc(Nc2nc(Cl)ncc2F)cc1. The van der Waals surface area contributed by atoms with Gasteiger partial charge in [0, 0.05) is 12.1 Å². The molecule has 1 aromatic carbocycles. The van der Waals surface area contributed by atoms with Crippen LogP contribution in [0.25, 0.3) is 0 Å². The summed E-state index contributed by atoms with van der Waals surface area (Å²) < 4.78 is 37.2. The van der Waals surface area contributed by atoms with E-state index in [2.05, 4.69) is 21.2 Å². The van der Waals surface area contributed by atoms with Crippen LogP contribution in [0.5, 0.6) is 0 Å². The minimum Gasteiger partial charge on any atom is -0.338 e. The Balaban J connectivity index is 2.08. The summed E-state index contributed by atoms with van der Waals surface area (Å²) in [6.45, 7) is 0. The molecule has 0 bridgehead atoms. The van der Waals surface area contributed by atoms with Gasteiger partial charge >= 0.3 is 0 Å². The molecule has 120 valence electrons. The Bertz CT molecular complexity index is 833. The highest BCUT2D eigenvalue weighted by Crippen LogP contribution is 2.19. The van der Waals surface area contributed by atoms with Crippen molar-refractivity contribution in [3.05, 3.63) is 47.1 Å². The molecule has 0 aliphatic carbocycles. The average Bonchev–Trinajstić information content (AvgIpc) is 2.51. The quantitative estimate of drug-likeness (QED) is 0.638. The fourth-order valence-corrected chi connectivity index (χ4v) is 3.20. The van der Waals surface area contributed by atoms with E-state index in [1.165, 1.54) is 0 Å². The summed E-state index contributed by atoms with van der Waals surface area (Å²) in [4.78, 5) is 7.26. The Labute approximate surface area is 138 Å². The van der Waals surface area contributed by atoms with Crippen molar-refractivity contribution in [2.24, 2.45) is 0 Å². The molecule has 8 heteroatoms. The van der Waals surface area contributed by atoms with Gasteiger partial charge in [-0.2, -0.15) is 4.98 Å². The van der Waals surface area contributed by atoms with Crippen LogP contribution in [0.1, 0.15) is 12.0 Å². The number of rotatable bonds is 6. The van der Waals surface area contributed by atoms with Gasteiger partial charge in [0.15, 0.2) is 21.5 Å². The van der Waals surface area contributed by atoms with Gasteiger partial charge in [0.05, 0.1) is 17.7 Å². The molecule has 0 saturated carbocycles. The molecule has 5 nitrogen and oxygen atoms in total.